The largest absolute Gasteiger partial charge is 0.464 e. The van der Waals surface area contributed by atoms with Crippen LogP contribution < -0.4 is 5.32 Å². The van der Waals surface area contributed by atoms with E-state index < -0.39 is 0 Å². The third-order valence-electron chi connectivity index (χ3n) is 5.79. The minimum atomic E-state index is -0.113. The molecule has 31 heavy (non-hydrogen) atoms. The Balaban J connectivity index is 1.33. The van der Waals surface area contributed by atoms with E-state index in [2.05, 4.69) is 10.3 Å². The summed E-state index contributed by atoms with van der Waals surface area (Å²) in [5, 5.41) is 3.77. The van der Waals surface area contributed by atoms with Crippen LogP contribution in [-0.2, 0) is 16.1 Å². The first-order valence-corrected chi connectivity index (χ1v) is 11.6. The van der Waals surface area contributed by atoms with Crippen molar-refractivity contribution in [3.05, 3.63) is 71.6 Å². The topological polar surface area (TPSA) is 75.4 Å². The number of rotatable bonds is 6. The molecule has 0 bridgehead atoms. The van der Waals surface area contributed by atoms with E-state index in [1.165, 1.54) is 17.3 Å². The molecule has 3 heterocycles. The van der Waals surface area contributed by atoms with Crippen molar-refractivity contribution in [2.24, 2.45) is 0 Å². The molecule has 5 rings (SSSR count). The molecular formula is C24H23N3O3S. The van der Waals surface area contributed by atoms with Crippen LogP contribution in [0.1, 0.15) is 31.2 Å². The van der Waals surface area contributed by atoms with Crippen LogP contribution in [0, 0.1) is 0 Å². The van der Waals surface area contributed by atoms with Crippen LogP contribution in [0.3, 0.4) is 0 Å². The Bertz CT molecular complexity index is 1160. The number of nitrogens with zero attached hydrogens (tertiary/aromatic N) is 2. The van der Waals surface area contributed by atoms with Crippen molar-refractivity contribution in [1.29, 1.82) is 0 Å². The predicted molar refractivity (Wildman–Crippen MR) is 121 cm³/mol. The summed E-state index contributed by atoms with van der Waals surface area (Å²) in [6.07, 6.45) is 7.22. The maximum atomic E-state index is 13.2. The molecule has 2 aromatic heterocycles. The van der Waals surface area contributed by atoms with Crippen molar-refractivity contribution in [2.75, 3.05) is 11.1 Å². The highest BCUT2D eigenvalue weighted by atomic mass is 32.2. The standard InChI is InChI=1S/C24H23N3O3S/c28-22(26-21-7-3-4-11-25-21)15-31-24-19-6-2-1-5-18(19)23(29)27(24)14-16-8-9-17-10-12-30-20(17)13-16/h3-4,7-13,24H,1-2,5-6,14-15H2,(H,25,26,28). The number of carbonyl (C=O) groups is 2. The number of benzene rings is 1. The first kappa shape index (κ1) is 19.9. The van der Waals surface area contributed by atoms with Gasteiger partial charge in [-0.2, -0.15) is 0 Å². The van der Waals surface area contributed by atoms with E-state index in [9.17, 15) is 9.59 Å². The normalized spacial score (nSPS) is 18.5. The number of hydrogen-bond donors (Lipinski definition) is 1. The first-order valence-electron chi connectivity index (χ1n) is 10.5. The minimum absolute atomic E-state index is 0.107. The van der Waals surface area contributed by atoms with Gasteiger partial charge in [0.25, 0.3) is 5.91 Å². The number of amides is 2. The molecule has 3 aromatic rings. The van der Waals surface area contributed by atoms with Crippen molar-refractivity contribution in [2.45, 2.75) is 37.6 Å². The van der Waals surface area contributed by atoms with E-state index in [0.717, 1.165) is 47.8 Å². The number of hydrogen-bond acceptors (Lipinski definition) is 5. The maximum Gasteiger partial charge on any atom is 0.251 e. The molecule has 0 radical (unpaired) electrons. The van der Waals surface area contributed by atoms with E-state index in [0.29, 0.717) is 12.4 Å². The van der Waals surface area contributed by atoms with E-state index in [4.69, 9.17) is 4.42 Å². The van der Waals surface area contributed by atoms with Crippen molar-refractivity contribution in [3.8, 4) is 0 Å². The monoisotopic (exact) mass is 433 g/mol. The predicted octanol–water partition coefficient (Wildman–Crippen LogP) is 4.74. The lowest BCUT2D eigenvalue weighted by Gasteiger charge is -2.27. The Labute approximate surface area is 184 Å². The van der Waals surface area contributed by atoms with E-state index in [-0.39, 0.29) is 22.9 Å². The number of thioether (sulfide) groups is 1. The molecule has 2 aliphatic rings. The second-order valence-corrected chi connectivity index (χ2v) is 8.93. The zero-order chi connectivity index (χ0) is 21.2. The molecule has 0 saturated heterocycles. The molecule has 1 aliphatic heterocycles. The van der Waals surface area contributed by atoms with Gasteiger partial charge in [-0.1, -0.05) is 18.2 Å². The van der Waals surface area contributed by atoms with Crippen LogP contribution >= 0.6 is 11.8 Å². The third kappa shape index (κ3) is 4.10. The second kappa shape index (κ2) is 8.59. The van der Waals surface area contributed by atoms with Gasteiger partial charge in [0.1, 0.15) is 16.8 Å². The highest BCUT2D eigenvalue weighted by Crippen LogP contribution is 2.42. The van der Waals surface area contributed by atoms with E-state index in [1.807, 2.05) is 41.3 Å². The lowest BCUT2D eigenvalue weighted by molar-refractivity contribution is -0.126. The molecule has 1 aromatic carbocycles. The molecule has 158 valence electrons. The molecule has 6 nitrogen and oxygen atoms in total. The lowest BCUT2D eigenvalue weighted by atomic mass is 9.94. The zero-order valence-corrected chi connectivity index (χ0v) is 17.9. The Morgan fingerprint density at radius 3 is 2.97 bits per heavy atom. The van der Waals surface area contributed by atoms with Crippen molar-refractivity contribution < 1.29 is 14.0 Å². The van der Waals surface area contributed by atoms with Gasteiger partial charge < -0.3 is 14.6 Å². The lowest BCUT2D eigenvalue weighted by Crippen LogP contribution is -2.34. The summed E-state index contributed by atoms with van der Waals surface area (Å²) in [5.74, 6) is 0.797. The average molecular weight is 434 g/mol. The van der Waals surface area contributed by atoms with Gasteiger partial charge in [-0.3, -0.25) is 9.59 Å². The minimum Gasteiger partial charge on any atom is -0.464 e. The molecular weight excluding hydrogens is 410 g/mol. The van der Waals surface area contributed by atoms with Gasteiger partial charge in [0.2, 0.25) is 5.91 Å². The van der Waals surface area contributed by atoms with Crippen LogP contribution in [0.5, 0.6) is 0 Å². The number of pyridine rings is 1. The molecule has 0 spiro atoms. The first-order chi connectivity index (χ1) is 15.2. The number of nitrogens with one attached hydrogen (secondary N) is 1. The fourth-order valence-electron chi connectivity index (χ4n) is 4.32. The molecule has 2 amide bonds. The number of carbonyl (C=O) groups excluding carboxylic acids is 2. The number of fused-ring (bicyclic) bond motifs is 1. The average Bonchev–Trinajstić information content (AvgIpc) is 3.36. The van der Waals surface area contributed by atoms with Crippen LogP contribution in [0.25, 0.3) is 11.0 Å². The maximum absolute atomic E-state index is 13.2. The fourth-order valence-corrected chi connectivity index (χ4v) is 5.52. The molecule has 0 saturated carbocycles. The summed E-state index contributed by atoms with van der Waals surface area (Å²) < 4.78 is 5.53. The van der Waals surface area contributed by atoms with Crippen molar-refractivity contribution in [3.63, 3.8) is 0 Å². The van der Waals surface area contributed by atoms with Gasteiger partial charge in [0.15, 0.2) is 0 Å². The Hall–Kier alpha value is -3.06. The molecule has 1 N–H and O–H groups in total. The Morgan fingerprint density at radius 1 is 1.19 bits per heavy atom. The molecule has 1 aliphatic carbocycles. The SMILES string of the molecule is O=C(CSC1C2=C(CCCC2)C(=O)N1Cc1ccc2ccoc2c1)Nc1ccccn1. The van der Waals surface area contributed by atoms with Gasteiger partial charge in [-0.15, -0.1) is 11.8 Å². The fraction of sp³-hybridized carbons (Fsp3) is 0.292. The summed E-state index contributed by atoms with van der Waals surface area (Å²) in [5.41, 5.74) is 4.00. The summed E-state index contributed by atoms with van der Waals surface area (Å²) >= 11 is 1.52. The van der Waals surface area contributed by atoms with E-state index >= 15 is 0 Å². The van der Waals surface area contributed by atoms with Crippen LogP contribution in [0.2, 0.25) is 0 Å². The number of anilines is 1. The summed E-state index contributed by atoms with van der Waals surface area (Å²) in [6.45, 7) is 0.502. The van der Waals surface area contributed by atoms with Gasteiger partial charge in [-0.05, 0) is 61.1 Å². The van der Waals surface area contributed by atoms with Gasteiger partial charge in [0.05, 0.1) is 12.0 Å². The Morgan fingerprint density at radius 2 is 2.10 bits per heavy atom. The van der Waals surface area contributed by atoms with Crippen LogP contribution in [-0.4, -0.2) is 32.8 Å². The third-order valence-corrected chi connectivity index (χ3v) is 7.07. The van der Waals surface area contributed by atoms with Crippen molar-refractivity contribution >= 4 is 40.4 Å². The van der Waals surface area contributed by atoms with E-state index in [1.54, 1.807) is 18.5 Å². The summed E-state index contributed by atoms with van der Waals surface area (Å²) in [4.78, 5) is 31.8. The summed E-state index contributed by atoms with van der Waals surface area (Å²) in [6, 6.07) is 13.4. The molecule has 1 unspecified atom stereocenters. The smallest absolute Gasteiger partial charge is 0.251 e. The Kier molecular flexibility index (Phi) is 5.51. The number of aromatic nitrogens is 1. The highest BCUT2D eigenvalue weighted by molar-refractivity contribution is 8.00. The second-order valence-electron chi connectivity index (χ2n) is 7.86. The van der Waals surface area contributed by atoms with Crippen LogP contribution in [0.4, 0.5) is 5.82 Å². The highest BCUT2D eigenvalue weighted by Gasteiger charge is 2.40. The number of furan rings is 1. The van der Waals surface area contributed by atoms with Gasteiger partial charge >= 0.3 is 0 Å². The molecule has 1 atom stereocenters. The molecule has 7 heteroatoms. The zero-order valence-electron chi connectivity index (χ0n) is 17.0. The summed E-state index contributed by atoms with van der Waals surface area (Å²) in [7, 11) is 0. The molecule has 0 fully saturated rings. The van der Waals surface area contributed by atoms with Gasteiger partial charge in [0, 0.05) is 23.7 Å². The van der Waals surface area contributed by atoms with Crippen LogP contribution in [0.15, 0.2) is 70.5 Å². The quantitative estimate of drug-likeness (QED) is 0.608. The van der Waals surface area contributed by atoms with Crippen molar-refractivity contribution in [1.82, 2.24) is 9.88 Å². The van der Waals surface area contributed by atoms with Gasteiger partial charge in [-0.25, -0.2) is 4.98 Å².